The Bertz CT molecular complexity index is 441. The maximum atomic E-state index is 12.4. The van der Waals surface area contributed by atoms with Gasteiger partial charge in [-0.3, -0.25) is 4.79 Å². The van der Waals surface area contributed by atoms with Gasteiger partial charge in [-0.15, -0.1) is 0 Å². The fourth-order valence-corrected chi connectivity index (χ4v) is 2.96. The Kier molecular flexibility index (Phi) is 4.13. The van der Waals surface area contributed by atoms with Crippen LogP contribution in [0.25, 0.3) is 0 Å². The molecule has 0 aromatic heterocycles. The second-order valence-electron chi connectivity index (χ2n) is 6.02. The van der Waals surface area contributed by atoms with Gasteiger partial charge in [0.05, 0.1) is 6.42 Å². The van der Waals surface area contributed by atoms with E-state index in [0.717, 1.165) is 17.8 Å². The summed E-state index contributed by atoms with van der Waals surface area (Å²) in [7, 11) is 0. The third-order valence-corrected chi connectivity index (χ3v) is 4.25. The van der Waals surface area contributed by atoms with Crippen molar-refractivity contribution in [3.05, 3.63) is 29.8 Å². The van der Waals surface area contributed by atoms with Crippen molar-refractivity contribution in [2.75, 3.05) is 12.3 Å². The number of hydrogen-bond donors (Lipinski definition) is 1. The molecule has 3 atom stereocenters. The van der Waals surface area contributed by atoms with Crippen molar-refractivity contribution in [3.63, 3.8) is 0 Å². The van der Waals surface area contributed by atoms with Gasteiger partial charge in [-0.25, -0.2) is 0 Å². The summed E-state index contributed by atoms with van der Waals surface area (Å²) in [6.45, 7) is 7.52. The van der Waals surface area contributed by atoms with E-state index in [1.54, 1.807) is 0 Å². The highest BCUT2D eigenvalue weighted by Crippen LogP contribution is 2.27. The topological polar surface area (TPSA) is 46.3 Å². The van der Waals surface area contributed by atoms with Crippen molar-refractivity contribution < 1.29 is 4.79 Å². The first-order chi connectivity index (χ1) is 8.97. The molecule has 1 aliphatic heterocycles. The molecule has 1 fully saturated rings. The number of hydrogen-bond acceptors (Lipinski definition) is 2. The molecule has 19 heavy (non-hydrogen) atoms. The van der Waals surface area contributed by atoms with Crippen LogP contribution in [-0.2, 0) is 11.2 Å². The largest absolute Gasteiger partial charge is 0.399 e. The van der Waals surface area contributed by atoms with Gasteiger partial charge >= 0.3 is 0 Å². The number of nitrogens with two attached hydrogens (primary N) is 1. The maximum Gasteiger partial charge on any atom is 0.227 e. The van der Waals surface area contributed by atoms with Crippen molar-refractivity contribution in [1.29, 1.82) is 0 Å². The molecule has 2 rings (SSSR count). The standard InChI is InChI=1S/C16H24N2O/c1-11-8-12(2)13(3)18(10-11)16(19)9-14-4-6-15(17)7-5-14/h4-7,11-13H,8-10,17H2,1-3H3. The third-order valence-electron chi connectivity index (χ3n) is 4.25. The number of carbonyl (C=O) groups excluding carboxylic acids is 1. The number of piperidine rings is 1. The van der Waals surface area contributed by atoms with E-state index < -0.39 is 0 Å². The fraction of sp³-hybridized carbons (Fsp3) is 0.562. The highest BCUT2D eigenvalue weighted by molar-refractivity contribution is 5.79. The van der Waals surface area contributed by atoms with Gasteiger partial charge in [0, 0.05) is 18.3 Å². The molecular weight excluding hydrogens is 236 g/mol. The predicted molar refractivity (Wildman–Crippen MR) is 78.7 cm³/mol. The van der Waals surface area contributed by atoms with E-state index in [2.05, 4.69) is 25.7 Å². The summed E-state index contributed by atoms with van der Waals surface area (Å²) < 4.78 is 0. The Hall–Kier alpha value is -1.51. The lowest BCUT2D eigenvalue weighted by Crippen LogP contribution is -2.49. The Balaban J connectivity index is 2.04. The molecule has 3 nitrogen and oxygen atoms in total. The van der Waals surface area contributed by atoms with Crippen LogP contribution in [0.1, 0.15) is 32.8 Å². The maximum absolute atomic E-state index is 12.4. The number of benzene rings is 1. The zero-order valence-electron chi connectivity index (χ0n) is 12.1. The molecule has 3 unspecified atom stereocenters. The number of nitrogen functional groups attached to an aromatic ring is 1. The van der Waals surface area contributed by atoms with Crippen LogP contribution in [0.4, 0.5) is 5.69 Å². The van der Waals surface area contributed by atoms with Crippen LogP contribution >= 0.6 is 0 Å². The van der Waals surface area contributed by atoms with Crippen LogP contribution in [-0.4, -0.2) is 23.4 Å². The van der Waals surface area contributed by atoms with E-state index >= 15 is 0 Å². The number of rotatable bonds is 2. The lowest BCUT2D eigenvalue weighted by Gasteiger charge is -2.41. The van der Waals surface area contributed by atoms with Gasteiger partial charge in [0.25, 0.3) is 0 Å². The second-order valence-corrected chi connectivity index (χ2v) is 6.02. The molecule has 0 aliphatic carbocycles. The molecule has 1 aliphatic rings. The highest BCUT2D eigenvalue weighted by atomic mass is 16.2. The zero-order chi connectivity index (χ0) is 14.0. The Labute approximate surface area is 115 Å². The van der Waals surface area contributed by atoms with Crippen LogP contribution in [0.3, 0.4) is 0 Å². The molecule has 1 aromatic rings. The summed E-state index contributed by atoms with van der Waals surface area (Å²) in [5, 5.41) is 0. The van der Waals surface area contributed by atoms with Crippen LogP contribution in [0, 0.1) is 11.8 Å². The average molecular weight is 260 g/mol. The summed E-state index contributed by atoms with van der Waals surface area (Å²) in [6, 6.07) is 7.93. The average Bonchev–Trinajstić information content (AvgIpc) is 2.36. The Morgan fingerprint density at radius 1 is 1.26 bits per heavy atom. The number of nitrogens with zero attached hydrogens (tertiary/aromatic N) is 1. The number of carbonyl (C=O) groups is 1. The normalized spacial score (nSPS) is 27.3. The van der Waals surface area contributed by atoms with E-state index in [0.29, 0.717) is 24.3 Å². The minimum absolute atomic E-state index is 0.232. The molecule has 2 N–H and O–H groups in total. The van der Waals surface area contributed by atoms with Crippen molar-refractivity contribution in [1.82, 2.24) is 4.90 Å². The van der Waals surface area contributed by atoms with Gasteiger partial charge in [-0.2, -0.15) is 0 Å². The molecule has 0 radical (unpaired) electrons. The minimum Gasteiger partial charge on any atom is -0.399 e. The molecule has 0 spiro atoms. The van der Waals surface area contributed by atoms with Crippen molar-refractivity contribution >= 4 is 11.6 Å². The smallest absolute Gasteiger partial charge is 0.227 e. The van der Waals surface area contributed by atoms with E-state index in [1.165, 1.54) is 6.42 Å². The number of amides is 1. The SMILES string of the molecule is CC1CC(C)C(C)N(C(=O)Cc2ccc(N)cc2)C1. The van der Waals surface area contributed by atoms with Crippen LogP contribution in [0.5, 0.6) is 0 Å². The summed E-state index contributed by atoms with van der Waals surface area (Å²) in [6.07, 6.45) is 1.69. The van der Waals surface area contributed by atoms with Crippen molar-refractivity contribution in [2.45, 2.75) is 39.7 Å². The van der Waals surface area contributed by atoms with Gasteiger partial charge in [-0.05, 0) is 42.9 Å². The molecule has 1 saturated heterocycles. The predicted octanol–water partition coefficient (Wildman–Crippen LogP) is 2.70. The zero-order valence-corrected chi connectivity index (χ0v) is 12.1. The third kappa shape index (κ3) is 3.28. The van der Waals surface area contributed by atoms with E-state index in [9.17, 15) is 4.79 Å². The van der Waals surface area contributed by atoms with Gasteiger partial charge < -0.3 is 10.6 Å². The lowest BCUT2D eigenvalue weighted by molar-refractivity contribution is -0.136. The first kappa shape index (κ1) is 13.9. The summed E-state index contributed by atoms with van der Waals surface area (Å²) in [5.41, 5.74) is 7.44. The fourth-order valence-electron chi connectivity index (χ4n) is 2.96. The Morgan fingerprint density at radius 2 is 1.89 bits per heavy atom. The number of likely N-dealkylation sites (tertiary alicyclic amines) is 1. The summed E-state index contributed by atoms with van der Waals surface area (Å²) in [4.78, 5) is 14.5. The minimum atomic E-state index is 0.232. The van der Waals surface area contributed by atoms with Gasteiger partial charge in [0.1, 0.15) is 0 Å². The molecule has 1 aromatic carbocycles. The van der Waals surface area contributed by atoms with Gasteiger partial charge in [0.2, 0.25) is 5.91 Å². The highest BCUT2D eigenvalue weighted by Gasteiger charge is 2.31. The van der Waals surface area contributed by atoms with E-state index in [-0.39, 0.29) is 5.91 Å². The lowest BCUT2D eigenvalue weighted by atomic mass is 9.85. The molecule has 3 heteroatoms. The molecule has 0 saturated carbocycles. The molecule has 104 valence electrons. The van der Waals surface area contributed by atoms with E-state index in [4.69, 9.17) is 5.73 Å². The molecule has 1 heterocycles. The Morgan fingerprint density at radius 3 is 2.53 bits per heavy atom. The van der Waals surface area contributed by atoms with Crippen LogP contribution in [0.2, 0.25) is 0 Å². The summed E-state index contributed by atoms with van der Waals surface area (Å²) >= 11 is 0. The second kappa shape index (κ2) is 5.64. The first-order valence-corrected chi connectivity index (χ1v) is 7.11. The monoisotopic (exact) mass is 260 g/mol. The first-order valence-electron chi connectivity index (χ1n) is 7.11. The van der Waals surface area contributed by atoms with Crippen molar-refractivity contribution in [2.24, 2.45) is 11.8 Å². The molecular formula is C16H24N2O. The van der Waals surface area contributed by atoms with E-state index in [1.807, 2.05) is 24.3 Å². The number of anilines is 1. The van der Waals surface area contributed by atoms with Crippen LogP contribution in [0.15, 0.2) is 24.3 Å². The molecule has 1 amide bonds. The quantitative estimate of drug-likeness (QED) is 0.831. The van der Waals surface area contributed by atoms with Gasteiger partial charge in [0.15, 0.2) is 0 Å². The van der Waals surface area contributed by atoms with Gasteiger partial charge in [-0.1, -0.05) is 26.0 Å². The van der Waals surface area contributed by atoms with Crippen molar-refractivity contribution in [3.8, 4) is 0 Å². The summed E-state index contributed by atoms with van der Waals surface area (Å²) in [5.74, 6) is 1.41. The molecule has 0 bridgehead atoms. The van der Waals surface area contributed by atoms with Crippen LogP contribution < -0.4 is 5.73 Å².